The highest BCUT2D eigenvalue weighted by Crippen LogP contribution is 2.63. The molecule has 0 unspecified atom stereocenters. The first kappa shape index (κ1) is 18.3. The van der Waals surface area contributed by atoms with Gasteiger partial charge in [-0.05, 0) is 52.7 Å². The highest BCUT2D eigenvalue weighted by molar-refractivity contribution is 5.92. The van der Waals surface area contributed by atoms with Gasteiger partial charge in [-0.1, -0.05) is 0 Å². The summed E-state index contributed by atoms with van der Waals surface area (Å²) in [4.78, 5) is 4.00. The lowest BCUT2D eigenvalue weighted by atomic mass is 10.1. The van der Waals surface area contributed by atoms with E-state index in [9.17, 15) is 0 Å². The number of ether oxygens (including phenoxy) is 4. The number of rotatable bonds is 4. The lowest BCUT2D eigenvalue weighted by molar-refractivity contribution is 0.310. The number of hydrogen-bond donors (Lipinski definition) is 0. The van der Waals surface area contributed by atoms with Gasteiger partial charge in [-0.2, -0.15) is 0 Å². The molecule has 3 rings (SSSR count). The van der Waals surface area contributed by atoms with Gasteiger partial charge in [0.15, 0.2) is 23.3 Å². The Bertz CT molecular complexity index is 735. The Hall–Kier alpha value is -2.50. The van der Waals surface area contributed by atoms with Gasteiger partial charge in [0, 0.05) is 14.1 Å². The maximum Gasteiger partial charge on any atom is 0.201 e. The van der Waals surface area contributed by atoms with E-state index in [0.717, 1.165) is 34.3 Å². The number of allylic oxidation sites excluding steroid dienone is 2. The van der Waals surface area contributed by atoms with Crippen LogP contribution in [0, 0.1) is 0 Å². The molecule has 1 aromatic rings. The predicted molar refractivity (Wildman–Crippen MR) is 104 cm³/mol. The minimum Gasteiger partial charge on any atom is -0.488 e. The molecule has 0 spiro atoms. The van der Waals surface area contributed by atoms with Crippen LogP contribution in [-0.4, -0.2) is 27.3 Å². The Labute approximate surface area is 155 Å². The molecule has 0 N–H and O–H groups in total. The molecular weight excluding hydrogens is 332 g/mol. The molecule has 0 aromatic heterocycles. The van der Waals surface area contributed by atoms with Crippen LogP contribution < -0.4 is 28.7 Å². The molecule has 2 heterocycles. The lowest BCUT2D eigenvalue weighted by Crippen LogP contribution is -2.16. The first-order valence-corrected chi connectivity index (χ1v) is 9.01. The van der Waals surface area contributed by atoms with E-state index >= 15 is 0 Å². The van der Waals surface area contributed by atoms with Crippen molar-refractivity contribution in [3.05, 3.63) is 22.9 Å². The van der Waals surface area contributed by atoms with Crippen molar-refractivity contribution in [2.24, 2.45) is 0 Å². The standard InChI is InChI=1S/C20H28N2O4/c1-9-23-15-13-18(26-19(11(3)4)21(13)7)16(24-10-2)14-17(15)25-20(12(5)6)22(14)8/h9-10H2,1-8H3. The molecule has 2 aliphatic rings. The molecule has 26 heavy (non-hydrogen) atoms. The van der Waals surface area contributed by atoms with Gasteiger partial charge in [-0.25, -0.2) is 0 Å². The maximum absolute atomic E-state index is 6.22. The van der Waals surface area contributed by atoms with Crippen molar-refractivity contribution in [1.82, 2.24) is 0 Å². The molecule has 0 fully saturated rings. The van der Waals surface area contributed by atoms with Gasteiger partial charge in [0.05, 0.1) is 13.2 Å². The summed E-state index contributed by atoms with van der Waals surface area (Å²) in [6, 6.07) is 0. The van der Waals surface area contributed by atoms with Crippen molar-refractivity contribution < 1.29 is 18.9 Å². The second-order valence-corrected chi connectivity index (χ2v) is 6.81. The molecular formula is C20H28N2O4. The number of benzene rings is 1. The van der Waals surface area contributed by atoms with Crippen LogP contribution in [-0.2, 0) is 0 Å². The smallest absolute Gasteiger partial charge is 0.201 e. The van der Waals surface area contributed by atoms with Crippen molar-refractivity contribution in [2.45, 2.75) is 41.5 Å². The molecule has 0 saturated carbocycles. The van der Waals surface area contributed by atoms with E-state index in [1.165, 1.54) is 0 Å². The molecule has 6 nitrogen and oxygen atoms in total. The van der Waals surface area contributed by atoms with Crippen molar-refractivity contribution in [2.75, 3.05) is 37.1 Å². The van der Waals surface area contributed by atoms with Crippen LogP contribution in [0.15, 0.2) is 22.9 Å². The van der Waals surface area contributed by atoms with E-state index in [1.54, 1.807) is 0 Å². The molecule has 2 aliphatic heterocycles. The predicted octanol–water partition coefficient (Wildman–Crippen LogP) is 4.64. The van der Waals surface area contributed by atoms with Crippen molar-refractivity contribution >= 4 is 11.4 Å². The number of hydrogen-bond acceptors (Lipinski definition) is 6. The first-order chi connectivity index (χ1) is 12.3. The Balaban J connectivity index is 2.34. The number of fused-ring (bicyclic) bond motifs is 2. The summed E-state index contributed by atoms with van der Waals surface area (Å²) in [5, 5.41) is 0. The van der Waals surface area contributed by atoms with Crippen LogP contribution >= 0.6 is 0 Å². The molecule has 0 radical (unpaired) electrons. The molecule has 0 aliphatic carbocycles. The number of nitrogens with zero attached hydrogens (tertiary/aromatic N) is 2. The molecule has 6 heteroatoms. The summed E-state index contributed by atoms with van der Waals surface area (Å²) >= 11 is 0. The fourth-order valence-electron chi connectivity index (χ4n) is 3.40. The second-order valence-electron chi connectivity index (χ2n) is 6.81. The number of anilines is 2. The minimum atomic E-state index is 0.530. The summed E-state index contributed by atoms with van der Waals surface area (Å²) < 4.78 is 24.5. The van der Waals surface area contributed by atoms with Gasteiger partial charge in [-0.15, -0.1) is 0 Å². The zero-order valence-electron chi connectivity index (χ0n) is 16.9. The van der Waals surface area contributed by atoms with E-state index in [-0.39, 0.29) is 0 Å². The van der Waals surface area contributed by atoms with E-state index in [0.29, 0.717) is 36.2 Å². The fourth-order valence-corrected chi connectivity index (χ4v) is 3.40. The second kappa shape index (κ2) is 6.67. The van der Waals surface area contributed by atoms with E-state index < -0.39 is 0 Å². The summed E-state index contributed by atoms with van der Waals surface area (Å²) in [6.45, 7) is 13.1. The van der Waals surface area contributed by atoms with Gasteiger partial charge in [0.2, 0.25) is 11.5 Å². The van der Waals surface area contributed by atoms with Gasteiger partial charge in [-0.3, -0.25) is 0 Å². The topological polar surface area (TPSA) is 43.4 Å². The van der Waals surface area contributed by atoms with Crippen molar-refractivity contribution in [3.63, 3.8) is 0 Å². The highest BCUT2D eigenvalue weighted by atomic mass is 16.6. The zero-order valence-corrected chi connectivity index (χ0v) is 16.9. The van der Waals surface area contributed by atoms with Gasteiger partial charge >= 0.3 is 0 Å². The largest absolute Gasteiger partial charge is 0.488 e. The van der Waals surface area contributed by atoms with Crippen LogP contribution in [0.4, 0.5) is 11.4 Å². The Morgan fingerprint density at radius 3 is 1.35 bits per heavy atom. The summed E-state index contributed by atoms with van der Waals surface area (Å²) in [7, 11) is 3.94. The normalized spacial score (nSPS) is 14.8. The average molecular weight is 360 g/mol. The summed E-state index contributed by atoms with van der Waals surface area (Å²) in [5.41, 5.74) is 3.84. The quantitative estimate of drug-likeness (QED) is 0.779. The average Bonchev–Trinajstić information content (AvgIpc) is 3.09. The minimum absolute atomic E-state index is 0.530. The Morgan fingerprint density at radius 1 is 0.731 bits per heavy atom. The molecule has 0 amide bonds. The Kier molecular flexibility index (Phi) is 4.69. The Morgan fingerprint density at radius 2 is 1.08 bits per heavy atom. The first-order valence-electron chi connectivity index (χ1n) is 9.01. The van der Waals surface area contributed by atoms with E-state index in [4.69, 9.17) is 18.9 Å². The monoisotopic (exact) mass is 360 g/mol. The van der Waals surface area contributed by atoms with Gasteiger partial charge < -0.3 is 28.7 Å². The van der Waals surface area contributed by atoms with Crippen LogP contribution in [0.25, 0.3) is 0 Å². The lowest BCUT2D eigenvalue weighted by Gasteiger charge is -2.19. The SMILES string of the molecule is CCOc1c2c(c(OCC)c3c1N(C)C(=C(C)C)O3)N(C)C(=C(C)C)O2. The van der Waals surface area contributed by atoms with Crippen LogP contribution in [0.1, 0.15) is 41.5 Å². The highest BCUT2D eigenvalue weighted by Gasteiger charge is 2.42. The summed E-state index contributed by atoms with van der Waals surface area (Å²) in [6.07, 6.45) is 0. The molecule has 142 valence electrons. The fraction of sp³-hybridized carbons (Fsp3) is 0.500. The van der Waals surface area contributed by atoms with E-state index in [2.05, 4.69) is 0 Å². The van der Waals surface area contributed by atoms with Gasteiger partial charge in [0.25, 0.3) is 0 Å². The third-order valence-corrected chi connectivity index (χ3v) is 4.38. The van der Waals surface area contributed by atoms with Crippen molar-refractivity contribution in [3.8, 4) is 23.0 Å². The zero-order chi connectivity index (χ0) is 19.2. The summed E-state index contributed by atoms with van der Waals surface area (Å²) in [5.74, 6) is 4.30. The van der Waals surface area contributed by atoms with Crippen molar-refractivity contribution in [1.29, 1.82) is 0 Å². The molecule has 1 aromatic carbocycles. The maximum atomic E-state index is 6.22. The van der Waals surface area contributed by atoms with E-state index in [1.807, 2.05) is 65.4 Å². The molecule has 0 bridgehead atoms. The molecule has 0 saturated heterocycles. The van der Waals surface area contributed by atoms with Crippen LogP contribution in [0.3, 0.4) is 0 Å². The van der Waals surface area contributed by atoms with Gasteiger partial charge in [0.1, 0.15) is 11.4 Å². The third kappa shape index (κ3) is 2.55. The third-order valence-electron chi connectivity index (χ3n) is 4.38. The van der Waals surface area contributed by atoms with Crippen LogP contribution in [0.5, 0.6) is 23.0 Å². The van der Waals surface area contributed by atoms with Crippen LogP contribution in [0.2, 0.25) is 0 Å². The molecule has 0 atom stereocenters.